The number of ether oxygens (including phenoxy) is 2. The van der Waals surface area contributed by atoms with Gasteiger partial charge in [0.25, 0.3) is 0 Å². The maximum absolute atomic E-state index is 5.14. The predicted octanol–water partition coefficient (Wildman–Crippen LogP) is 2.16. The molecule has 16 heavy (non-hydrogen) atoms. The van der Waals surface area contributed by atoms with Gasteiger partial charge >= 0.3 is 0 Å². The maximum Gasteiger partial charge on any atom is 0.212 e. The molecule has 2 heterocycles. The summed E-state index contributed by atoms with van der Waals surface area (Å²) in [6.07, 6.45) is 3.43. The van der Waals surface area contributed by atoms with Crippen molar-refractivity contribution in [1.82, 2.24) is 9.97 Å². The molecule has 0 amide bonds. The van der Waals surface area contributed by atoms with Gasteiger partial charge in [0.2, 0.25) is 5.88 Å². The van der Waals surface area contributed by atoms with E-state index in [1.807, 2.05) is 12.1 Å². The Balaban J connectivity index is 2.34. The molecule has 2 aromatic rings. The predicted molar refractivity (Wildman–Crippen MR) is 60.6 cm³/mol. The van der Waals surface area contributed by atoms with Crippen LogP contribution in [-0.4, -0.2) is 24.2 Å². The lowest BCUT2D eigenvalue weighted by molar-refractivity contribution is 0.398. The van der Waals surface area contributed by atoms with E-state index in [2.05, 4.69) is 9.97 Å². The molecule has 0 saturated heterocycles. The number of methoxy groups -OCH3 is 2. The summed E-state index contributed by atoms with van der Waals surface area (Å²) in [5, 5.41) is 0. The molecular formula is C12H12N2O2. The Morgan fingerprint density at radius 3 is 2.50 bits per heavy atom. The number of hydrogen-bond donors (Lipinski definition) is 0. The standard InChI is InChI=1S/C12H12N2O2/c1-15-10-5-6-13-11(7-10)9-3-4-12(16-2)14-8-9/h3-8H,1-2H3. The van der Waals surface area contributed by atoms with Crippen molar-refractivity contribution in [2.45, 2.75) is 0 Å². The Morgan fingerprint density at radius 1 is 1.00 bits per heavy atom. The molecule has 0 bridgehead atoms. The van der Waals surface area contributed by atoms with Crippen LogP contribution in [0.5, 0.6) is 11.6 Å². The van der Waals surface area contributed by atoms with Crippen LogP contribution in [0.15, 0.2) is 36.7 Å². The van der Waals surface area contributed by atoms with E-state index in [0.29, 0.717) is 5.88 Å². The fourth-order valence-electron chi connectivity index (χ4n) is 1.35. The zero-order valence-corrected chi connectivity index (χ0v) is 9.18. The average molecular weight is 216 g/mol. The van der Waals surface area contributed by atoms with E-state index in [1.54, 1.807) is 38.7 Å². The van der Waals surface area contributed by atoms with E-state index in [9.17, 15) is 0 Å². The summed E-state index contributed by atoms with van der Waals surface area (Å²) in [7, 11) is 3.22. The normalized spacial score (nSPS) is 9.88. The lowest BCUT2D eigenvalue weighted by Crippen LogP contribution is -1.90. The second-order valence-corrected chi connectivity index (χ2v) is 3.17. The quantitative estimate of drug-likeness (QED) is 0.788. The van der Waals surface area contributed by atoms with Gasteiger partial charge in [0.05, 0.1) is 19.9 Å². The summed E-state index contributed by atoms with van der Waals surface area (Å²) in [5.74, 6) is 1.37. The fourth-order valence-corrected chi connectivity index (χ4v) is 1.35. The minimum absolute atomic E-state index is 0.589. The highest BCUT2D eigenvalue weighted by molar-refractivity contribution is 5.59. The van der Waals surface area contributed by atoms with Crippen molar-refractivity contribution in [1.29, 1.82) is 0 Å². The Kier molecular flexibility index (Phi) is 3.00. The van der Waals surface area contributed by atoms with Crippen LogP contribution in [0.4, 0.5) is 0 Å². The molecule has 0 radical (unpaired) electrons. The highest BCUT2D eigenvalue weighted by Gasteiger charge is 2.02. The topological polar surface area (TPSA) is 44.2 Å². The molecule has 0 unspecified atom stereocenters. The summed E-state index contributed by atoms with van der Waals surface area (Å²) in [4.78, 5) is 8.38. The van der Waals surface area contributed by atoms with Gasteiger partial charge in [-0.15, -0.1) is 0 Å². The number of aromatic nitrogens is 2. The van der Waals surface area contributed by atoms with Gasteiger partial charge in [-0.1, -0.05) is 0 Å². The van der Waals surface area contributed by atoms with E-state index in [1.165, 1.54) is 0 Å². The van der Waals surface area contributed by atoms with Crippen molar-refractivity contribution in [2.75, 3.05) is 14.2 Å². The molecule has 0 aliphatic heterocycles. The first-order valence-corrected chi connectivity index (χ1v) is 4.84. The van der Waals surface area contributed by atoms with Crippen LogP contribution in [0.1, 0.15) is 0 Å². The molecule has 0 aliphatic rings. The minimum Gasteiger partial charge on any atom is -0.497 e. The van der Waals surface area contributed by atoms with Gasteiger partial charge in [-0.2, -0.15) is 0 Å². The first-order valence-electron chi connectivity index (χ1n) is 4.84. The number of nitrogens with zero attached hydrogens (tertiary/aromatic N) is 2. The number of pyridine rings is 2. The molecule has 0 atom stereocenters. The summed E-state index contributed by atoms with van der Waals surface area (Å²) in [6.45, 7) is 0. The second kappa shape index (κ2) is 4.61. The number of rotatable bonds is 3. The summed E-state index contributed by atoms with van der Waals surface area (Å²) < 4.78 is 10.1. The molecule has 2 rings (SSSR count). The minimum atomic E-state index is 0.589. The molecule has 0 N–H and O–H groups in total. The van der Waals surface area contributed by atoms with E-state index >= 15 is 0 Å². The van der Waals surface area contributed by atoms with Crippen molar-refractivity contribution in [3.05, 3.63) is 36.7 Å². The van der Waals surface area contributed by atoms with E-state index < -0.39 is 0 Å². The van der Waals surface area contributed by atoms with Crippen LogP contribution in [0.3, 0.4) is 0 Å². The summed E-state index contributed by atoms with van der Waals surface area (Å²) in [5.41, 5.74) is 1.76. The van der Waals surface area contributed by atoms with Crippen LogP contribution < -0.4 is 9.47 Å². The van der Waals surface area contributed by atoms with Gasteiger partial charge < -0.3 is 9.47 Å². The van der Waals surface area contributed by atoms with Crippen LogP contribution in [-0.2, 0) is 0 Å². The largest absolute Gasteiger partial charge is 0.497 e. The molecule has 2 aromatic heterocycles. The summed E-state index contributed by atoms with van der Waals surface area (Å²) in [6, 6.07) is 7.38. The van der Waals surface area contributed by atoms with Crippen LogP contribution in [0.25, 0.3) is 11.3 Å². The molecule has 82 valence electrons. The maximum atomic E-state index is 5.14. The van der Waals surface area contributed by atoms with Gasteiger partial charge in [-0.3, -0.25) is 4.98 Å². The molecule has 4 nitrogen and oxygen atoms in total. The molecule has 0 aliphatic carbocycles. The third-order valence-corrected chi connectivity index (χ3v) is 2.21. The van der Waals surface area contributed by atoms with Gasteiger partial charge in [0, 0.05) is 30.1 Å². The fraction of sp³-hybridized carbons (Fsp3) is 0.167. The van der Waals surface area contributed by atoms with Gasteiger partial charge in [-0.05, 0) is 12.1 Å². The van der Waals surface area contributed by atoms with Crippen LogP contribution in [0, 0.1) is 0 Å². The third kappa shape index (κ3) is 2.11. The lowest BCUT2D eigenvalue weighted by atomic mass is 10.2. The molecule has 4 heteroatoms. The number of hydrogen-bond acceptors (Lipinski definition) is 4. The smallest absolute Gasteiger partial charge is 0.212 e. The molecule has 0 aromatic carbocycles. The molecule has 0 fully saturated rings. The van der Waals surface area contributed by atoms with Gasteiger partial charge in [0.15, 0.2) is 0 Å². The Bertz CT molecular complexity index is 469. The van der Waals surface area contributed by atoms with Gasteiger partial charge in [0.1, 0.15) is 5.75 Å². The van der Waals surface area contributed by atoms with Crippen molar-refractivity contribution in [2.24, 2.45) is 0 Å². The van der Waals surface area contributed by atoms with Crippen molar-refractivity contribution in [3.8, 4) is 22.9 Å². The molecular weight excluding hydrogens is 204 g/mol. The molecule has 0 saturated carbocycles. The Labute approximate surface area is 93.9 Å². The van der Waals surface area contributed by atoms with E-state index in [-0.39, 0.29) is 0 Å². The summed E-state index contributed by atoms with van der Waals surface area (Å²) >= 11 is 0. The SMILES string of the molecule is COc1ccnc(-c2ccc(OC)nc2)c1. The highest BCUT2D eigenvalue weighted by Crippen LogP contribution is 2.21. The zero-order valence-electron chi connectivity index (χ0n) is 9.18. The van der Waals surface area contributed by atoms with Gasteiger partial charge in [-0.25, -0.2) is 4.98 Å². The lowest BCUT2D eigenvalue weighted by Gasteiger charge is -2.04. The van der Waals surface area contributed by atoms with Crippen LogP contribution in [0.2, 0.25) is 0 Å². The van der Waals surface area contributed by atoms with Crippen LogP contribution >= 0.6 is 0 Å². The van der Waals surface area contributed by atoms with E-state index in [4.69, 9.17) is 9.47 Å². The third-order valence-electron chi connectivity index (χ3n) is 2.21. The van der Waals surface area contributed by atoms with Crippen molar-refractivity contribution < 1.29 is 9.47 Å². The Hall–Kier alpha value is -2.10. The second-order valence-electron chi connectivity index (χ2n) is 3.17. The average Bonchev–Trinajstić information content (AvgIpc) is 2.39. The molecule has 0 spiro atoms. The first kappa shape index (κ1) is 10.4. The highest BCUT2D eigenvalue weighted by atomic mass is 16.5. The zero-order chi connectivity index (χ0) is 11.4. The van der Waals surface area contributed by atoms with E-state index in [0.717, 1.165) is 17.0 Å². The monoisotopic (exact) mass is 216 g/mol. The van der Waals surface area contributed by atoms with Crippen molar-refractivity contribution in [3.63, 3.8) is 0 Å². The first-order chi connectivity index (χ1) is 7.83. The van der Waals surface area contributed by atoms with Crippen molar-refractivity contribution >= 4 is 0 Å². The Morgan fingerprint density at radius 2 is 1.88 bits per heavy atom.